The van der Waals surface area contributed by atoms with E-state index in [4.69, 9.17) is 9.47 Å². The molecule has 3 N–H and O–H groups in total. The first-order valence-electron chi connectivity index (χ1n) is 10.5. The fraction of sp³-hybridized carbons (Fsp3) is 0.500. The molecule has 2 amide bonds. The van der Waals surface area contributed by atoms with E-state index in [9.17, 15) is 9.59 Å². The number of rotatable bonds is 6. The minimum Gasteiger partial charge on any atom is -0.436 e. The topological polar surface area (TPSA) is 105 Å². The molecule has 0 bridgehead atoms. The summed E-state index contributed by atoms with van der Waals surface area (Å²) in [6.07, 6.45) is 3.39. The van der Waals surface area contributed by atoms with Gasteiger partial charge in [0.25, 0.3) is 0 Å². The largest absolute Gasteiger partial charge is 0.436 e. The normalized spacial score (nSPS) is 18.3. The second kappa shape index (κ2) is 8.87. The zero-order chi connectivity index (χ0) is 21.0. The summed E-state index contributed by atoms with van der Waals surface area (Å²) in [4.78, 5) is 24.9. The maximum atomic E-state index is 12.5. The molecule has 8 heteroatoms. The molecule has 1 saturated carbocycles. The monoisotopic (exact) mass is 412 g/mol. The highest BCUT2D eigenvalue weighted by atomic mass is 16.6. The van der Waals surface area contributed by atoms with E-state index in [2.05, 4.69) is 20.8 Å². The first kappa shape index (κ1) is 20.4. The van der Waals surface area contributed by atoms with Crippen LogP contribution in [0, 0.1) is 12.8 Å². The van der Waals surface area contributed by atoms with Gasteiger partial charge >= 0.3 is 6.09 Å². The number of aryl methyl sites for hydroxylation is 1. The predicted molar refractivity (Wildman–Crippen MR) is 111 cm³/mol. The third-order valence-corrected chi connectivity index (χ3v) is 6.05. The van der Waals surface area contributed by atoms with Gasteiger partial charge in [-0.1, -0.05) is 24.3 Å². The van der Waals surface area contributed by atoms with Crippen LogP contribution in [0.2, 0.25) is 0 Å². The summed E-state index contributed by atoms with van der Waals surface area (Å²) in [5, 5.41) is 12.9. The molecule has 1 aliphatic heterocycles. The van der Waals surface area contributed by atoms with Crippen molar-refractivity contribution in [2.75, 3.05) is 18.5 Å². The Balaban J connectivity index is 1.35. The van der Waals surface area contributed by atoms with Gasteiger partial charge < -0.3 is 20.1 Å². The van der Waals surface area contributed by atoms with Crippen molar-refractivity contribution >= 4 is 17.8 Å². The number of nitrogens with one attached hydrogen (secondary N) is 3. The Labute approximate surface area is 175 Å². The van der Waals surface area contributed by atoms with Crippen molar-refractivity contribution in [2.24, 2.45) is 5.92 Å². The number of nitrogens with zero attached hydrogens (tertiary/aromatic N) is 1. The fourth-order valence-corrected chi connectivity index (χ4v) is 3.92. The first-order valence-corrected chi connectivity index (χ1v) is 10.5. The molecule has 1 aliphatic carbocycles. The average Bonchev–Trinajstić information content (AvgIpc) is 3.19. The van der Waals surface area contributed by atoms with Gasteiger partial charge in [0, 0.05) is 31.7 Å². The number of hydrogen-bond donors (Lipinski definition) is 3. The van der Waals surface area contributed by atoms with Crippen LogP contribution in [0.25, 0.3) is 0 Å². The van der Waals surface area contributed by atoms with Crippen molar-refractivity contribution < 1.29 is 19.1 Å². The molecule has 0 spiro atoms. The third-order valence-electron chi connectivity index (χ3n) is 6.05. The number of carbonyl (C=O) groups is 2. The number of anilines is 1. The molecule has 2 heterocycles. The number of alkyl carbamates (subject to hydrolysis) is 1. The summed E-state index contributed by atoms with van der Waals surface area (Å²) in [6, 6.07) is 9.68. The standard InChI is InChI=1S/C22H28N4O4/c1-15-5-2-3-6-17(15)14-23-21(28)30-22(9-4-10-22)18-13-19(26-25-18)24-20(27)16-7-11-29-12-8-16/h2-3,5-6,13,16H,4,7-12,14H2,1H3,(H,23,28)(H2,24,25,26,27). The van der Waals surface area contributed by atoms with E-state index in [0.29, 0.717) is 31.3 Å². The lowest BCUT2D eigenvalue weighted by Gasteiger charge is -2.39. The second-order valence-corrected chi connectivity index (χ2v) is 8.06. The van der Waals surface area contributed by atoms with Crippen LogP contribution in [-0.4, -0.2) is 35.4 Å². The van der Waals surface area contributed by atoms with Crippen LogP contribution < -0.4 is 10.6 Å². The molecule has 0 unspecified atom stereocenters. The number of H-pyrrole nitrogens is 1. The quantitative estimate of drug-likeness (QED) is 0.674. The number of aromatic nitrogens is 2. The van der Waals surface area contributed by atoms with E-state index in [1.807, 2.05) is 31.2 Å². The lowest BCUT2D eigenvalue weighted by Crippen LogP contribution is -2.42. The van der Waals surface area contributed by atoms with Crippen LogP contribution in [0.5, 0.6) is 0 Å². The summed E-state index contributed by atoms with van der Waals surface area (Å²) in [5.41, 5.74) is 2.17. The highest BCUT2D eigenvalue weighted by Crippen LogP contribution is 2.44. The van der Waals surface area contributed by atoms with E-state index >= 15 is 0 Å². The van der Waals surface area contributed by atoms with Gasteiger partial charge in [-0.3, -0.25) is 9.89 Å². The molecule has 0 atom stereocenters. The summed E-state index contributed by atoms with van der Waals surface area (Å²) in [6.45, 7) is 3.64. The molecular weight excluding hydrogens is 384 g/mol. The van der Waals surface area contributed by atoms with Crippen molar-refractivity contribution in [1.82, 2.24) is 15.5 Å². The van der Waals surface area contributed by atoms with Crippen molar-refractivity contribution in [2.45, 2.75) is 51.2 Å². The van der Waals surface area contributed by atoms with Crippen LogP contribution in [0.15, 0.2) is 30.3 Å². The Morgan fingerprint density at radius 3 is 2.73 bits per heavy atom. The highest BCUT2D eigenvalue weighted by molar-refractivity contribution is 5.91. The predicted octanol–water partition coefficient (Wildman–Crippen LogP) is 3.39. The Bertz CT molecular complexity index is 900. The fourth-order valence-electron chi connectivity index (χ4n) is 3.92. The van der Waals surface area contributed by atoms with E-state index in [-0.39, 0.29) is 11.8 Å². The number of carbonyl (C=O) groups excluding carboxylic acids is 2. The molecule has 2 aliphatic rings. The molecule has 30 heavy (non-hydrogen) atoms. The van der Waals surface area contributed by atoms with E-state index in [0.717, 1.165) is 43.2 Å². The smallest absolute Gasteiger partial charge is 0.408 e. The van der Waals surface area contributed by atoms with E-state index in [1.165, 1.54) is 0 Å². The molecule has 1 aromatic heterocycles. The molecule has 160 valence electrons. The molecule has 2 fully saturated rings. The van der Waals surface area contributed by atoms with Crippen LogP contribution >= 0.6 is 0 Å². The minimum absolute atomic E-state index is 0.0455. The molecule has 4 rings (SSSR count). The van der Waals surface area contributed by atoms with Crippen LogP contribution in [0.3, 0.4) is 0 Å². The van der Waals surface area contributed by atoms with E-state index < -0.39 is 11.7 Å². The molecular formula is C22H28N4O4. The van der Waals surface area contributed by atoms with Crippen LogP contribution in [0.4, 0.5) is 10.6 Å². The van der Waals surface area contributed by atoms with E-state index in [1.54, 1.807) is 6.07 Å². The van der Waals surface area contributed by atoms with Gasteiger partial charge in [0.15, 0.2) is 11.4 Å². The number of hydrogen-bond acceptors (Lipinski definition) is 5. The summed E-state index contributed by atoms with van der Waals surface area (Å²) < 4.78 is 11.1. The Morgan fingerprint density at radius 1 is 1.27 bits per heavy atom. The molecule has 8 nitrogen and oxygen atoms in total. The van der Waals surface area contributed by atoms with Gasteiger partial charge in [0.05, 0.1) is 5.69 Å². The number of aromatic amines is 1. The lowest BCUT2D eigenvalue weighted by atomic mass is 9.77. The average molecular weight is 412 g/mol. The zero-order valence-corrected chi connectivity index (χ0v) is 17.2. The molecule has 1 saturated heterocycles. The van der Waals surface area contributed by atoms with Crippen molar-refractivity contribution in [3.8, 4) is 0 Å². The summed E-state index contributed by atoms with van der Waals surface area (Å²) >= 11 is 0. The first-order chi connectivity index (χ1) is 14.6. The maximum Gasteiger partial charge on any atom is 0.408 e. The number of amides is 2. The van der Waals surface area contributed by atoms with Gasteiger partial charge in [0.1, 0.15) is 0 Å². The Kier molecular flexibility index (Phi) is 6.03. The van der Waals surface area contributed by atoms with Gasteiger partial charge in [-0.15, -0.1) is 0 Å². The van der Waals surface area contributed by atoms with Crippen molar-refractivity contribution in [3.63, 3.8) is 0 Å². The van der Waals surface area contributed by atoms with Crippen LogP contribution in [0.1, 0.15) is 48.9 Å². The summed E-state index contributed by atoms with van der Waals surface area (Å²) in [5.74, 6) is 0.354. The Hall–Kier alpha value is -2.87. The van der Waals surface area contributed by atoms with Crippen molar-refractivity contribution in [3.05, 3.63) is 47.2 Å². The van der Waals surface area contributed by atoms with Crippen molar-refractivity contribution in [1.29, 1.82) is 0 Å². The maximum absolute atomic E-state index is 12.5. The molecule has 1 aromatic carbocycles. The van der Waals surface area contributed by atoms with Crippen LogP contribution in [-0.2, 0) is 26.4 Å². The third kappa shape index (κ3) is 4.48. The zero-order valence-electron chi connectivity index (χ0n) is 17.2. The van der Waals surface area contributed by atoms with Gasteiger partial charge in [-0.25, -0.2) is 4.79 Å². The van der Waals surface area contributed by atoms with Gasteiger partial charge in [-0.2, -0.15) is 5.10 Å². The van der Waals surface area contributed by atoms with Gasteiger partial charge in [0.2, 0.25) is 5.91 Å². The number of benzene rings is 1. The number of ether oxygens (including phenoxy) is 2. The summed E-state index contributed by atoms with van der Waals surface area (Å²) in [7, 11) is 0. The molecule has 0 radical (unpaired) electrons. The SMILES string of the molecule is Cc1ccccc1CNC(=O)OC1(c2cc(NC(=O)C3CCOCC3)n[nH]2)CCC1. The minimum atomic E-state index is -0.718. The van der Waals surface area contributed by atoms with Gasteiger partial charge in [-0.05, 0) is 50.2 Å². The second-order valence-electron chi connectivity index (χ2n) is 8.06. The highest BCUT2D eigenvalue weighted by Gasteiger charge is 2.44. The lowest BCUT2D eigenvalue weighted by molar-refractivity contribution is -0.122. The molecule has 2 aromatic rings. The Morgan fingerprint density at radius 2 is 2.03 bits per heavy atom.